The molecule has 1 saturated heterocycles. The Bertz CT molecular complexity index is 1240. The summed E-state index contributed by atoms with van der Waals surface area (Å²) in [7, 11) is 2.84. The van der Waals surface area contributed by atoms with E-state index in [0.29, 0.717) is 25.9 Å². The van der Waals surface area contributed by atoms with Crippen LogP contribution in [0, 0.1) is 0 Å². The van der Waals surface area contributed by atoms with Gasteiger partial charge in [-0.3, -0.25) is 14.2 Å². The maximum absolute atomic E-state index is 13.5. The zero-order valence-electron chi connectivity index (χ0n) is 20.1. The summed E-state index contributed by atoms with van der Waals surface area (Å²) >= 11 is 0. The molecule has 0 saturated carbocycles. The Kier molecular flexibility index (Phi) is 7.28. The predicted octanol–water partition coefficient (Wildman–Crippen LogP) is 2.72. The molecule has 0 bridgehead atoms. The van der Waals surface area contributed by atoms with Gasteiger partial charge in [0.25, 0.3) is 11.5 Å². The normalized spacial score (nSPS) is 15.3. The number of benzene rings is 1. The van der Waals surface area contributed by atoms with Crippen LogP contribution >= 0.6 is 0 Å². The van der Waals surface area contributed by atoms with Gasteiger partial charge < -0.3 is 19.5 Å². The molecular formula is C25H29N5O5. The third-order valence-corrected chi connectivity index (χ3v) is 6.22. The Morgan fingerprint density at radius 3 is 2.46 bits per heavy atom. The Labute approximate surface area is 203 Å². The Morgan fingerprint density at radius 1 is 1.14 bits per heavy atom. The van der Waals surface area contributed by atoms with E-state index in [1.165, 1.54) is 25.1 Å². The number of unbranched alkanes of at least 4 members (excludes halogenated alkanes) is 1. The predicted molar refractivity (Wildman–Crippen MR) is 129 cm³/mol. The summed E-state index contributed by atoms with van der Waals surface area (Å²) in [5, 5.41) is 11.4. The summed E-state index contributed by atoms with van der Waals surface area (Å²) in [6.07, 6.45) is 3.96. The van der Waals surface area contributed by atoms with Crippen LogP contribution in [0.3, 0.4) is 0 Å². The monoisotopic (exact) mass is 479 g/mol. The van der Waals surface area contributed by atoms with Crippen molar-refractivity contribution in [1.29, 1.82) is 0 Å². The highest BCUT2D eigenvalue weighted by Gasteiger charge is 2.34. The Balaban J connectivity index is 1.80. The van der Waals surface area contributed by atoms with Crippen LogP contribution in [0.1, 0.15) is 53.8 Å². The first-order valence-corrected chi connectivity index (χ1v) is 11.6. The molecule has 3 heterocycles. The molecule has 2 aromatic heterocycles. The molecule has 0 aliphatic carbocycles. The van der Waals surface area contributed by atoms with Gasteiger partial charge in [0.05, 0.1) is 14.2 Å². The zero-order valence-corrected chi connectivity index (χ0v) is 20.1. The van der Waals surface area contributed by atoms with E-state index >= 15 is 0 Å². The van der Waals surface area contributed by atoms with Crippen LogP contribution in [0.15, 0.2) is 41.5 Å². The van der Waals surface area contributed by atoms with Gasteiger partial charge in [0.15, 0.2) is 11.3 Å². The van der Waals surface area contributed by atoms with Crippen LogP contribution in [0.2, 0.25) is 0 Å². The number of rotatable bonds is 8. The summed E-state index contributed by atoms with van der Waals surface area (Å²) in [6.45, 7) is 2.92. The molecule has 35 heavy (non-hydrogen) atoms. The van der Waals surface area contributed by atoms with E-state index < -0.39 is 22.9 Å². The van der Waals surface area contributed by atoms with Crippen LogP contribution < -0.4 is 15.0 Å². The second-order valence-electron chi connectivity index (χ2n) is 8.36. The van der Waals surface area contributed by atoms with E-state index in [1.807, 2.05) is 37.3 Å². The molecule has 1 amide bonds. The van der Waals surface area contributed by atoms with Gasteiger partial charge in [0.1, 0.15) is 12.2 Å². The number of hydrogen-bond donors (Lipinski definition) is 1. The molecule has 10 heteroatoms. The lowest BCUT2D eigenvalue weighted by atomic mass is 9.99. The number of aromatic nitrogens is 4. The maximum Gasteiger partial charge on any atom is 0.289 e. The minimum Gasteiger partial charge on any atom is -0.493 e. The first kappa shape index (κ1) is 24.2. The van der Waals surface area contributed by atoms with Crippen LogP contribution in [-0.2, 0) is 6.42 Å². The van der Waals surface area contributed by atoms with E-state index in [1.54, 1.807) is 4.90 Å². The number of aryl methyl sites for hydroxylation is 1. The minimum atomic E-state index is -0.771. The second-order valence-corrected chi connectivity index (χ2v) is 8.36. The average Bonchev–Trinajstić information content (AvgIpc) is 3.38. The van der Waals surface area contributed by atoms with Crippen LogP contribution in [-0.4, -0.2) is 62.7 Å². The van der Waals surface area contributed by atoms with Crippen molar-refractivity contribution in [3.63, 3.8) is 0 Å². The van der Waals surface area contributed by atoms with Crippen molar-refractivity contribution in [2.75, 3.05) is 27.3 Å². The summed E-state index contributed by atoms with van der Waals surface area (Å²) < 4.78 is 12.1. The molecule has 1 N–H and O–H groups in total. The first-order valence-electron chi connectivity index (χ1n) is 11.6. The molecule has 10 nitrogen and oxygen atoms in total. The van der Waals surface area contributed by atoms with E-state index in [9.17, 15) is 14.7 Å². The highest BCUT2D eigenvalue weighted by molar-refractivity contribution is 5.96. The molecule has 1 aliphatic rings. The van der Waals surface area contributed by atoms with Crippen LogP contribution in [0.4, 0.5) is 0 Å². The fourth-order valence-electron chi connectivity index (χ4n) is 4.42. The number of nitrogens with zero attached hydrogens (tertiary/aromatic N) is 5. The third-order valence-electron chi connectivity index (χ3n) is 6.22. The number of carbonyl (C=O) groups is 1. The third kappa shape index (κ3) is 4.68. The molecule has 1 atom stereocenters. The standard InChI is InChI=1S/C25H29N5O5/c1-4-5-11-18-28-21(31)19(24(32)29-13-12-17(14-29)16-9-7-6-8-10-16)25(33)30(18)20-22(34-2)26-15-27-23(20)35-3/h6-10,15,17,33H,4-5,11-14H2,1-3H3/t17-/m0/s1. The van der Waals surface area contributed by atoms with E-state index in [4.69, 9.17) is 9.47 Å². The van der Waals surface area contributed by atoms with Gasteiger partial charge in [0.2, 0.25) is 17.6 Å². The molecule has 4 rings (SSSR count). The number of likely N-dealkylation sites (tertiary alicyclic amines) is 1. The molecule has 0 unspecified atom stereocenters. The molecule has 1 aliphatic heterocycles. The van der Waals surface area contributed by atoms with Gasteiger partial charge >= 0.3 is 0 Å². The Morgan fingerprint density at radius 2 is 1.83 bits per heavy atom. The summed E-state index contributed by atoms with van der Waals surface area (Å²) in [6, 6.07) is 9.93. The number of aromatic hydroxyl groups is 1. The lowest BCUT2D eigenvalue weighted by Gasteiger charge is -2.21. The number of methoxy groups -OCH3 is 2. The number of hydrogen-bond acceptors (Lipinski definition) is 8. The minimum absolute atomic E-state index is 0.110. The molecule has 0 radical (unpaired) electrons. The van der Waals surface area contributed by atoms with Gasteiger partial charge in [-0.2, -0.15) is 15.0 Å². The van der Waals surface area contributed by atoms with Gasteiger partial charge in [-0.15, -0.1) is 0 Å². The van der Waals surface area contributed by atoms with E-state index in [0.717, 1.165) is 18.4 Å². The highest BCUT2D eigenvalue weighted by atomic mass is 16.5. The lowest BCUT2D eigenvalue weighted by molar-refractivity contribution is 0.0784. The molecule has 1 fully saturated rings. The SMILES string of the molecule is CCCCc1nc(=O)c(C(=O)N2CC[C@H](c3ccccc3)C2)c(O)n1-c1c(OC)ncnc1OC. The number of carbonyl (C=O) groups excluding carboxylic acids is 1. The maximum atomic E-state index is 13.5. The van der Waals surface area contributed by atoms with E-state index in [2.05, 4.69) is 15.0 Å². The van der Waals surface area contributed by atoms with Crippen molar-refractivity contribution >= 4 is 5.91 Å². The second kappa shape index (κ2) is 10.5. The van der Waals surface area contributed by atoms with E-state index in [-0.39, 0.29) is 29.2 Å². The van der Waals surface area contributed by atoms with Crippen molar-refractivity contribution < 1.29 is 19.4 Å². The summed E-state index contributed by atoms with van der Waals surface area (Å²) in [5.74, 6) is -0.456. The molecule has 184 valence electrons. The average molecular weight is 480 g/mol. The zero-order chi connectivity index (χ0) is 24.9. The van der Waals surface area contributed by atoms with Crippen molar-refractivity contribution in [3.05, 3.63) is 64.0 Å². The van der Waals surface area contributed by atoms with Gasteiger partial charge in [-0.05, 0) is 18.4 Å². The fourth-order valence-corrected chi connectivity index (χ4v) is 4.42. The molecule has 0 spiro atoms. The molecule has 3 aromatic rings. The van der Waals surface area contributed by atoms with Crippen LogP contribution in [0.25, 0.3) is 5.69 Å². The summed E-state index contributed by atoms with van der Waals surface area (Å²) in [5.41, 5.74) is 0.138. The van der Waals surface area contributed by atoms with Crippen molar-refractivity contribution in [3.8, 4) is 23.3 Å². The first-order chi connectivity index (χ1) is 17.0. The quantitative estimate of drug-likeness (QED) is 0.524. The smallest absolute Gasteiger partial charge is 0.289 e. The molecular weight excluding hydrogens is 450 g/mol. The molecule has 1 aromatic carbocycles. The van der Waals surface area contributed by atoms with Gasteiger partial charge in [0, 0.05) is 25.4 Å². The van der Waals surface area contributed by atoms with Crippen LogP contribution in [0.5, 0.6) is 17.6 Å². The Hall–Kier alpha value is -3.95. The highest BCUT2D eigenvalue weighted by Crippen LogP contribution is 2.35. The van der Waals surface area contributed by atoms with Gasteiger partial charge in [-0.25, -0.2) is 0 Å². The van der Waals surface area contributed by atoms with Crippen molar-refractivity contribution in [2.24, 2.45) is 0 Å². The lowest BCUT2D eigenvalue weighted by Crippen LogP contribution is -2.35. The number of ether oxygens (including phenoxy) is 2. The largest absolute Gasteiger partial charge is 0.493 e. The van der Waals surface area contributed by atoms with Crippen molar-refractivity contribution in [2.45, 2.75) is 38.5 Å². The topological polar surface area (TPSA) is 120 Å². The van der Waals surface area contributed by atoms with Gasteiger partial charge in [-0.1, -0.05) is 43.7 Å². The fraction of sp³-hybridized carbons (Fsp3) is 0.400. The van der Waals surface area contributed by atoms with Crippen molar-refractivity contribution in [1.82, 2.24) is 24.4 Å². The number of amides is 1. The summed E-state index contributed by atoms with van der Waals surface area (Å²) in [4.78, 5) is 40.6.